The number of para-hydroxylation sites is 2. The van der Waals surface area contributed by atoms with Crippen LogP contribution < -0.4 is 19.1 Å². The average Bonchev–Trinajstić information content (AvgIpc) is 2.82. The first-order valence-electron chi connectivity index (χ1n) is 10.2. The van der Waals surface area contributed by atoms with Crippen molar-refractivity contribution in [1.82, 2.24) is 5.32 Å². The highest BCUT2D eigenvalue weighted by Gasteiger charge is 2.28. The van der Waals surface area contributed by atoms with Crippen molar-refractivity contribution in [3.8, 4) is 11.5 Å². The van der Waals surface area contributed by atoms with Crippen molar-refractivity contribution < 1.29 is 22.7 Å². The Hall–Kier alpha value is -3.23. The van der Waals surface area contributed by atoms with E-state index in [4.69, 9.17) is 21.1 Å². The number of hydrogen-bond acceptors (Lipinski definition) is 5. The second-order valence-corrected chi connectivity index (χ2v) is 9.40. The predicted octanol–water partition coefficient (Wildman–Crippen LogP) is 4.05. The number of carbonyl (C=O) groups is 1. The van der Waals surface area contributed by atoms with Gasteiger partial charge in [-0.3, -0.25) is 9.10 Å². The first-order chi connectivity index (χ1) is 15.8. The smallest absolute Gasteiger partial charge is 0.264 e. The molecule has 0 radical (unpaired) electrons. The number of sulfonamides is 1. The van der Waals surface area contributed by atoms with Crippen LogP contribution in [0, 0.1) is 6.92 Å². The van der Waals surface area contributed by atoms with E-state index < -0.39 is 22.5 Å². The van der Waals surface area contributed by atoms with Crippen LogP contribution in [0.25, 0.3) is 0 Å². The Balaban J connectivity index is 1.73. The van der Waals surface area contributed by atoms with Crippen molar-refractivity contribution in [3.63, 3.8) is 0 Å². The minimum absolute atomic E-state index is 0.0803. The maximum absolute atomic E-state index is 13.4. The predicted molar refractivity (Wildman–Crippen MR) is 129 cm³/mol. The van der Waals surface area contributed by atoms with Gasteiger partial charge in [0, 0.05) is 5.02 Å². The number of nitrogens with one attached hydrogen (secondary N) is 1. The summed E-state index contributed by atoms with van der Waals surface area (Å²) in [5.41, 5.74) is 1.01. The average molecular weight is 489 g/mol. The number of nitrogens with zero attached hydrogens (tertiary/aromatic N) is 1. The first-order valence-corrected chi connectivity index (χ1v) is 12.0. The van der Waals surface area contributed by atoms with E-state index >= 15 is 0 Å². The van der Waals surface area contributed by atoms with Crippen LogP contribution in [0.15, 0.2) is 77.7 Å². The monoisotopic (exact) mass is 488 g/mol. The van der Waals surface area contributed by atoms with Gasteiger partial charge in [-0.05, 0) is 48.9 Å². The maximum atomic E-state index is 13.4. The highest BCUT2D eigenvalue weighted by atomic mass is 35.5. The molecule has 0 heterocycles. The summed E-state index contributed by atoms with van der Waals surface area (Å²) in [6.45, 7) is 1.73. The quantitative estimate of drug-likeness (QED) is 0.435. The number of aryl methyl sites for hydroxylation is 1. The van der Waals surface area contributed by atoms with Gasteiger partial charge in [0.05, 0.1) is 24.2 Å². The van der Waals surface area contributed by atoms with Gasteiger partial charge in [-0.2, -0.15) is 0 Å². The standard InChI is InChI=1S/C24H25ClN2O5S/c1-18-12-13-19(25)16-21(18)27(33(29,30)20-8-4-3-5-9-20)17-24(28)26-14-15-32-23-11-7-6-10-22(23)31-2/h3-13,16H,14-15,17H2,1-2H3,(H,26,28). The second kappa shape index (κ2) is 11.1. The van der Waals surface area contributed by atoms with E-state index in [1.165, 1.54) is 18.2 Å². The fourth-order valence-electron chi connectivity index (χ4n) is 3.15. The van der Waals surface area contributed by atoms with Gasteiger partial charge in [-0.25, -0.2) is 8.42 Å². The zero-order valence-electron chi connectivity index (χ0n) is 18.3. The Morgan fingerprint density at radius 1 is 1.00 bits per heavy atom. The van der Waals surface area contributed by atoms with Crippen molar-refractivity contribution in [2.24, 2.45) is 0 Å². The van der Waals surface area contributed by atoms with Crippen molar-refractivity contribution in [1.29, 1.82) is 0 Å². The van der Waals surface area contributed by atoms with Crippen LogP contribution in [0.5, 0.6) is 11.5 Å². The fourth-order valence-corrected chi connectivity index (χ4v) is 4.81. The van der Waals surface area contributed by atoms with Crippen LogP contribution in [-0.4, -0.2) is 41.1 Å². The number of halogens is 1. The Morgan fingerprint density at radius 2 is 1.67 bits per heavy atom. The summed E-state index contributed by atoms with van der Waals surface area (Å²) in [6.07, 6.45) is 0. The van der Waals surface area contributed by atoms with E-state index in [0.717, 1.165) is 4.31 Å². The topological polar surface area (TPSA) is 84.9 Å². The SMILES string of the molecule is COc1ccccc1OCCNC(=O)CN(c1cc(Cl)ccc1C)S(=O)(=O)c1ccccc1. The summed E-state index contributed by atoms with van der Waals surface area (Å²) >= 11 is 6.13. The summed E-state index contributed by atoms with van der Waals surface area (Å²) in [7, 11) is -2.46. The van der Waals surface area contributed by atoms with Crippen molar-refractivity contribution in [2.45, 2.75) is 11.8 Å². The lowest BCUT2D eigenvalue weighted by Crippen LogP contribution is -2.42. The minimum Gasteiger partial charge on any atom is -0.493 e. The molecule has 0 atom stereocenters. The van der Waals surface area contributed by atoms with Crippen LogP contribution >= 0.6 is 11.6 Å². The van der Waals surface area contributed by atoms with E-state index in [2.05, 4.69) is 5.32 Å². The zero-order chi connectivity index (χ0) is 23.8. The molecule has 0 saturated heterocycles. The molecule has 33 heavy (non-hydrogen) atoms. The molecule has 3 aromatic rings. The first kappa shape index (κ1) is 24.4. The number of methoxy groups -OCH3 is 1. The molecule has 0 aromatic heterocycles. The van der Waals surface area contributed by atoms with Crippen LogP contribution in [0.1, 0.15) is 5.56 Å². The fraction of sp³-hybridized carbons (Fsp3) is 0.208. The number of hydrogen-bond donors (Lipinski definition) is 1. The number of carbonyl (C=O) groups excluding carboxylic acids is 1. The minimum atomic E-state index is -4.00. The molecule has 0 unspecified atom stereocenters. The molecule has 3 rings (SSSR count). The molecule has 0 bridgehead atoms. The largest absolute Gasteiger partial charge is 0.493 e. The molecule has 0 aliphatic carbocycles. The van der Waals surface area contributed by atoms with Crippen LogP contribution in [-0.2, 0) is 14.8 Å². The van der Waals surface area contributed by atoms with Crippen molar-refractivity contribution in [3.05, 3.63) is 83.4 Å². The van der Waals surface area contributed by atoms with E-state index in [1.54, 1.807) is 56.5 Å². The van der Waals surface area contributed by atoms with Crippen LogP contribution in [0.3, 0.4) is 0 Å². The molecular weight excluding hydrogens is 464 g/mol. The molecular formula is C24H25ClN2O5S. The molecule has 3 aromatic carbocycles. The van der Waals surface area contributed by atoms with Crippen LogP contribution in [0.4, 0.5) is 5.69 Å². The molecule has 0 spiro atoms. The number of amides is 1. The number of benzene rings is 3. The Kier molecular flexibility index (Phi) is 8.19. The number of rotatable bonds is 10. The third kappa shape index (κ3) is 6.18. The van der Waals surface area contributed by atoms with Gasteiger partial charge in [-0.15, -0.1) is 0 Å². The lowest BCUT2D eigenvalue weighted by molar-refractivity contribution is -0.119. The van der Waals surface area contributed by atoms with Gasteiger partial charge in [-0.1, -0.05) is 48.0 Å². The Morgan fingerprint density at radius 3 is 2.36 bits per heavy atom. The third-order valence-electron chi connectivity index (χ3n) is 4.81. The second-order valence-electron chi connectivity index (χ2n) is 7.10. The molecule has 7 nitrogen and oxygen atoms in total. The van der Waals surface area contributed by atoms with Gasteiger partial charge in [0.15, 0.2) is 11.5 Å². The molecule has 1 amide bonds. The molecule has 0 saturated carbocycles. The molecule has 1 N–H and O–H groups in total. The lowest BCUT2D eigenvalue weighted by atomic mass is 10.2. The van der Waals surface area contributed by atoms with Gasteiger partial charge < -0.3 is 14.8 Å². The third-order valence-corrected chi connectivity index (χ3v) is 6.82. The molecule has 0 fully saturated rings. The van der Waals surface area contributed by atoms with E-state index in [-0.39, 0.29) is 18.0 Å². The maximum Gasteiger partial charge on any atom is 0.264 e. The zero-order valence-corrected chi connectivity index (χ0v) is 19.9. The van der Waals surface area contributed by atoms with Crippen LogP contribution in [0.2, 0.25) is 5.02 Å². The number of ether oxygens (including phenoxy) is 2. The van der Waals surface area contributed by atoms with Crippen molar-refractivity contribution >= 4 is 33.2 Å². The summed E-state index contributed by atoms with van der Waals surface area (Å²) in [5, 5.41) is 3.07. The van der Waals surface area contributed by atoms with Gasteiger partial charge in [0.1, 0.15) is 13.2 Å². The van der Waals surface area contributed by atoms with E-state index in [9.17, 15) is 13.2 Å². The van der Waals surface area contributed by atoms with Gasteiger partial charge in [0.25, 0.3) is 10.0 Å². The Bertz CT molecular complexity index is 1200. The summed E-state index contributed by atoms with van der Waals surface area (Å²) in [6, 6.07) is 20.1. The molecule has 0 aliphatic heterocycles. The molecule has 174 valence electrons. The Labute approximate surface area is 198 Å². The summed E-state index contributed by atoms with van der Waals surface area (Å²) < 4.78 is 38.7. The van der Waals surface area contributed by atoms with Gasteiger partial charge >= 0.3 is 0 Å². The highest BCUT2D eigenvalue weighted by molar-refractivity contribution is 7.92. The summed E-state index contributed by atoms with van der Waals surface area (Å²) in [4.78, 5) is 12.8. The van der Waals surface area contributed by atoms with E-state index in [1.807, 2.05) is 12.1 Å². The number of anilines is 1. The van der Waals surface area contributed by atoms with E-state index in [0.29, 0.717) is 27.8 Å². The van der Waals surface area contributed by atoms with Gasteiger partial charge in [0.2, 0.25) is 5.91 Å². The molecule has 0 aliphatic rings. The lowest BCUT2D eigenvalue weighted by Gasteiger charge is -2.26. The van der Waals surface area contributed by atoms with Crippen molar-refractivity contribution in [2.75, 3.05) is 31.1 Å². The summed E-state index contributed by atoms with van der Waals surface area (Å²) in [5.74, 6) is 0.662. The normalized spacial score (nSPS) is 11.0. The molecule has 9 heteroatoms. The highest BCUT2D eigenvalue weighted by Crippen LogP contribution is 2.29.